The molecule has 0 radical (unpaired) electrons. The van der Waals surface area contributed by atoms with Crippen molar-refractivity contribution >= 4 is 5.97 Å². The maximum Gasteiger partial charge on any atom is 0.329 e. The van der Waals surface area contributed by atoms with Crippen LogP contribution >= 0.6 is 0 Å². The van der Waals surface area contributed by atoms with Gasteiger partial charge in [0.05, 0.1) is 99.1 Å². The van der Waals surface area contributed by atoms with Crippen LogP contribution in [0.5, 0.6) is 0 Å². The molecule has 0 rings (SSSR count). The van der Waals surface area contributed by atoms with Crippen molar-refractivity contribution in [2.75, 3.05) is 112 Å². The minimum Gasteiger partial charge on any atom is -0.480 e. The van der Waals surface area contributed by atoms with Crippen LogP contribution in [0.3, 0.4) is 0 Å². The molecule has 0 saturated heterocycles. The van der Waals surface area contributed by atoms with Gasteiger partial charge in [0, 0.05) is 6.54 Å². The molecule has 0 aromatic rings. The highest BCUT2D eigenvalue weighted by Crippen LogP contribution is 1.85. The predicted octanol–water partition coefficient (Wildman–Crippen LogP) is -0.837. The lowest BCUT2D eigenvalue weighted by Crippen LogP contribution is -2.15. The lowest BCUT2D eigenvalue weighted by atomic mass is 10.6. The second-order valence-corrected chi connectivity index (χ2v) is 5.52. The number of hydrogen-bond donors (Lipinski definition) is 2. The number of carboxylic acid groups (broad SMARTS) is 1. The highest BCUT2D eigenvalue weighted by molar-refractivity contribution is 5.67. The summed E-state index contributed by atoms with van der Waals surface area (Å²) in [5.41, 5.74) is 5.30. The molecule has 0 amide bonds. The van der Waals surface area contributed by atoms with Gasteiger partial charge in [0.1, 0.15) is 6.61 Å². The van der Waals surface area contributed by atoms with E-state index < -0.39 is 5.97 Å². The monoisotopic (exact) mass is 427 g/mol. The van der Waals surface area contributed by atoms with Crippen molar-refractivity contribution in [1.29, 1.82) is 0 Å². The number of rotatable bonds is 25. The van der Waals surface area contributed by atoms with Gasteiger partial charge >= 0.3 is 5.97 Å². The summed E-state index contributed by atoms with van der Waals surface area (Å²) < 4.78 is 42.0. The van der Waals surface area contributed by atoms with E-state index >= 15 is 0 Å². The van der Waals surface area contributed by atoms with Crippen LogP contribution in [0.25, 0.3) is 0 Å². The minimum absolute atomic E-state index is 0.249. The normalized spacial score (nSPS) is 11.2. The zero-order valence-electron chi connectivity index (χ0n) is 17.2. The Labute approximate surface area is 172 Å². The van der Waals surface area contributed by atoms with Crippen molar-refractivity contribution in [3.05, 3.63) is 0 Å². The number of ether oxygens (including phenoxy) is 8. The topological polar surface area (TPSA) is 137 Å². The molecule has 0 unspecified atom stereocenters. The standard InChI is InChI=1S/C18H37NO10/c19-1-2-22-3-4-23-5-6-24-7-8-25-9-10-26-11-12-27-13-14-28-15-16-29-17-18(20)21/h1-17,19H2,(H,20,21). The summed E-state index contributed by atoms with van der Waals surface area (Å²) in [4.78, 5) is 10.2. The van der Waals surface area contributed by atoms with Crippen molar-refractivity contribution in [3.63, 3.8) is 0 Å². The van der Waals surface area contributed by atoms with Crippen LogP contribution in [0.1, 0.15) is 0 Å². The Balaban J connectivity index is 2.99. The first kappa shape index (κ1) is 28.1. The molecule has 0 aromatic heterocycles. The van der Waals surface area contributed by atoms with Gasteiger partial charge in [0.25, 0.3) is 0 Å². The molecule has 0 saturated carbocycles. The fourth-order valence-corrected chi connectivity index (χ4v) is 1.78. The SMILES string of the molecule is NCCOCCOCCOCCOCCOCCOCCOCCOCC(=O)O. The second-order valence-electron chi connectivity index (χ2n) is 5.52. The molecule has 0 aromatic carbocycles. The zero-order valence-corrected chi connectivity index (χ0v) is 17.2. The third kappa shape index (κ3) is 27.1. The Morgan fingerprint density at radius 3 is 0.966 bits per heavy atom. The van der Waals surface area contributed by atoms with E-state index in [0.717, 1.165) is 0 Å². The first-order chi connectivity index (χ1) is 14.3. The molecule has 0 aliphatic rings. The Hall–Kier alpha value is -0.890. The van der Waals surface area contributed by atoms with Crippen LogP contribution in [-0.2, 0) is 42.7 Å². The van der Waals surface area contributed by atoms with Gasteiger partial charge in [-0.15, -0.1) is 0 Å². The highest BCUT2D eigenvalue weighted by Gasteiger charge is 1.96. The van der Waals surface area contributed by atoms with Crippen LogP contribution in [0.4, 0.5) is 0 Å². The quantitative estimate of drug-likeness (QED) is 0.176. The second kappa shape index (κ2) is 25.1. The number of aliphatic carboxylic acids is 1. The first-order valence-electron chi connectivity index (χ1n) is 9.81. The zero-order chi connectivity index (χ0) is 21.3. The van der Waals surface area contributed by atoms with Gasteiger partial charge in [0.15, 0.2) is 0 Å². The highest BCUT2D eigenvalue weighted by atomic mass is 16.6. The first-order valence-corrected chi connectivity index (χ1v) is 9.81. The molecule has 11 heteroatoms. The summed E-state index contributed by atoms with van der Waals surface area (Å²) in [6.07, 6.45) is 0. The van der Waals surface area contributed by atoms with Crippen LogP contribution in [-0.4, -0.2) is 123 Å². The molecule has 11 nitrogen and oxygen atoms in total. The van der Waals surface area contributed by atoms with E-state index in [1.54, 1.807) is 0 Å². The molecule has 0 spiro atoms. The van der Waals surface area contributed by atoms with Gasteiger partial charge in [-0.2, -0.15) is 0 Å². The summed E-state index contributed by atoms with van der Waals surface area (Å²) in [6, 6.07) is 0. The Morgan fingerprint density at radius 1 is 0.483 bits per heavy atom. The van der Waals surface area contributed by atoms with Crippen LogP contribution in [0.2, 0.25) is 0 Å². The summed E-state index contributed by atoms with van der Waals surface area (Å²) in [7, 11) is 0. The summed E-state index contributed by atoms with van der Waals surface area (Å²) >= 11 is 0. The van der Waals surface area contributed by atoms with Gasteiger partial charge < -0.3 is 48.7 Å². The Morgan fingerprint density at radius 2 is 0.724 bits per heavy atom. The Kier molecular flexibility index (Phi) is 24.4. The minimum atomic E-state index is -0.991. The van der Waals surface area contributed by atoms with E-state index in [0.29, 0.717) is 99.0 Å². The fraction of sp³-hybridized carbons (Fsp3) is 0.944. The lowest BCUT2D eigenvalue weighted by molar-refractivity contribution is -0.142. The molecule has 0 bridgehead atoms. The summed E-state index contributed by atoms with van der Waals surface area (Å²) in [5.74, 6) is -0.991. The van der Waals surface area contributed by atoms with E-state index in [1.165, 1.54) is 0 Å². The number of nitrogens with two attached hydrogens (primary N) is 1. The molecule has 0 heterocycles. The van der Waals surface area contributed by atoms with E-state index in [4.69, 9.17) is 48.7 Å². The predicted molar refractivity (Wildman–Crippen MR) is 103 cm³/mol. The lowest BCUT2D eigenvalue weighted by Gasteiger charge is -2.08. The summed E-state index contributed by atoms with van der Waals surface area (Å²) in [6.45, 7) is 7.31. The maximum atomic E-state index is 10.2. The van der Waals surface area contributed by atoms with Crippen LogP contribution < -0.4 is 5.73 Å². The average molecular weight is 427 g/mol. The fourth-order valence-electron chi connectivity index (χ4n) is 1.78. The van der Waals surface area contributed by atoms with Crippen LogP contribution in [0.15, 0.2) is 0 Å². The van der Waals surface area contributed by atoms with Crippen molar-refractivity contribution in [2.45, 2.75) is 0 Å². The molecule has 0 aliphatic carbocycles. The molecule has 3 N–H and O–H groups in total. The van der Waals surface area contributed by atoms with Gasteiger partial charge in [-0.05, 0) is 0 Å². The Bertz CT molecular complexity index is 336. The largest absolute Gasteiger partial charge is 0.480 e. The van der Waals surface area contributed by atoms with E-state index in [2.05, 4.69) is 0 Å². The molecule has 174 valence electrons. The van der Waals surface area contributed by atoms with Gasteiger partial charge in [-0.3, -0.25) is 0 Å². The van der Waals surface area contributed by atoms with Gasteiger partial charge in [0.2, 0.25) is 0 Å². The molecular weight excluding hydrogens is 390 g/mol. The average Bonchev–Trinajstić information content (AvgIpc) is 2.71. The molecule has 29 heavy (non-hydrogen) atoms. The van der Waals surface area contributed by atoms with Gasteiger partial charge in [-0.25, -0.2) is 4.79 Å². The number of hydrogen-bond acceptors (Lipinski definition) is 10. The smallest absolute Gasteiger partial charge is 0.329 e. The molecular formula is C18H37NO10. The number of carboxylic acids is 1. The molecule has 0 atom stereocenters. The van der Waals surface area contributed by atoms with Crippen molar-refractivity contribution in [3.8, 4) is 0 Å². The number of carbonyl (C=O) groups is 1. The molecule has 0 aliphatic heterocycles. The summed E-state index contributed by atoms with van der Waals surface area (Å²) in [5, 5.41) is 8.37. The van der Waals surface area contributed by atoms with E-state index in [-0.39, 0.29) is 13.2 Å². The third-order valence-corrected chi connectivity index (χ3v) is 3.09. The van der Waals surface area contributed by atoms with Crippen LogP contribution in [0, 0.1) is 0 Å². The third-order valence-electron chi connectivity index (χ3n) is 3.09. The van der Waals surface area contributed by atoms with E-state index in [9.17, 15) is 4.79 Å². The van der Waals surface area contributed by atoms with Gasteiger partial charge in [-0.1, -0.05) is 0 Å². The van der Waals surface area contributed by atoms with Crippen molar-refractivity contribution in [1.82, 2.24) is 0 Å². The maximum absolute atomic E-state index is 10.2. The van der Waals surface area contributed by atoms with Crippen molar-refractivity contribution in [2.24, 2.45) is 5.73 Å². The van der Waals surface area contributed by atoms with Crippen molar-refractivity contribution < 1.29 is 47.8 Å². The molecule has 0 fully saturated rings. The van der Waals surface area contributed by atoms with E-state index in [1.807, 2.05) is 0 Å².